The highest BCUT2D eigenvalue weighted by atomic mass is 127. The highest BCUT2D eigenvalue weighted by molar-refractivity contribution is 14.0. The molecule has 0 saturated heterocycles. The molecule has 0 aromatic carbocycles. The molecule has 0 aliphatic heterocycles. The lowest BCUT2D eigenvalue weighted by Crippen LogP contribution is -2.45. The van der Waals surface area contributed by atoms with Crippen LogP contribution in [-0.2, 0) is 0 Å². The van der Waals surface area contributed by atoms with E-state index in [-0.39, 0.29) is 29.5 Å². The second kappa shape index (κ2) is 8.64. The van der Waals surface area contributed by atoms with Gasteiger partial charge in [0.1, 0.15) is 0 Å². The summed E-state index contributed by atoms with van der Waals surface area (Å²) in [4.78, 5) is 4.22. The first-order chi connectivity index (χ1) is 5.95. The van der Waals surface area contributed by atoms with E-state index in [4.69, 9.17) is 5.73 Å². The van der Waals surface area contributed by atoms with E-state index in [1.165, 1.54) is 0 Å². The summed E-state index contributed by atoms with van der Waals surface area (Å²) in [5, 5.41) is 3.12. The van der Waals surface area contributed by atoms with Crippen molar-refractivity contribution in [1.29, 1.82) is 0 Å². The van der Waals surface area contributed by atoms with Gasteiger partial charge in [0, 0.05) is 12.1 Å². The normalized spacial score (nSPS) is 12.1. The van der Waals surface area contributed by atoms with Crippen LogP contribution in [0.3, 0.4) is 0 Å². The molecule has 0 fully saturated rings. The molecule has 0 unspecified atom stereocenters. The van der Waals surface area contributed by atoms with E-state index in [1.807, 2.05) is 11.8 Å². The molecule has 0 spiro atoms. The van der Waals surface area contributed by atoms with Crippen molar-refractivity contribution in [3.05, 3.63) is 0 Å². The Morgan fingerprint density at radius 3 is 2.43 bits per heavy atom. The van der Waals surface area contributed by atoms with Gasteiger partial charge in [0.15, 0.2) is 5.96 Å². The number of guanidine groups is 1. The summed E-state index contributed by atoms with van der Waals surface area (Å²) in [5.41, 5.74) is 5.68. The van der Waals surface area contributed by atoms with Gasteiger partial charge in [-0.3, -0.25) is 4.99 Å². The Kier molecular flexibility index (Phi) is 10.4. The van der Waals surface area contributed by atoms with E-state index >= 15 is 0 Å². The highest BCUT2D eigenvalue weighted by Crippen LogP contribution is 1.98. The van der Waals surface area contributed by atoms with Gasteiger partial charge in [0.2, 0.25) is 0 Å². The number of hydrogen-bond acceptors (Lipinski definition) is 2. The van der Waals surface area contributed by atoms with Gasteiger partial charge in [-0.15, -0.1) is 24.0 Å². The highest BCUT2D eigenvalue weighted by Gasteiger charge is 2.08. The summed E-state index contributed by atoms with van der Waals surface area (Å²) in [6, 6.07) is 0. The summed E-state index contributed by atoms with van der Waals surface area (Å²) < 4.78 is 0. The van der Waals surface area contributed by atoms with Crippen molar-refractivity contribution in [3.8, 4) is 0 Å². The molecule has 0 saturated carbocycles. The van der Waals surface area contributed by atoms with E-state index in [9.17, 15) is 0 Å². The maximum Gasteiger partial charge on any atom is 0.188 e. The first-order valence-corrected chi connectivity index (χ1v) is 5.92. The molecule has 0 rings (SSSR count). The molecule has 5 heteroatoms. The lowest BCUT2D eigenvalue weighted by Gasteiger charge is -2.20. The van der Waals surface area contributed by atoms with Gasteiger partial charge in [-0.25, -0.2) is 0 Å². The van der Waals surface area contributed by atoms with Crippen LogP contribution < -0.4 is 11.1 Å². The van der Waals surface area contributed by atoms with E-state index in [2.05, 4.69) is 37.3 Å². The number of aliphatic imine (C=N–C) groups is 1. The maximum atomic E-state index is 5.67. The molecular formula is C9H22IN3S. The van der Waals surface area contributed by atoms with E-state index < -0.39 is 0 Å². The fourth-order valence-corrected chi connectivity index (χ4v) is 1.25. The lowest BCUT2D eigenvalue weighted by molar-refractivity contribution is 0.508. The number of hydrogen-bond donors (Lipinski definition) is 2. The number of halogens is 1. The first kappa shape index (κ1) is 16.8. The summed E-state index contributed by atoms with van der Waals surface area (Å²) >= 11 is 1.84. The number of nitrogens with zero attached hydrogens (tertiary/aromatic N) is 1. The zero-order valence-electron chi connectivity index (χ0n) is 9.46. The molecule has 0 aromatic rings. The fraction of sp³-hybridized carbons (Fsp3) is 0.889. The molecule has 0 bridgehead atoms. The molecule has 14 heavy (non-hydrogen) atoms. The van der Waals surface area contributed by atoms with Crippen LogP contribution in [0.5, 0.6) is 0 Å². The predicted octanol–water partition coefficient (Wildman–Crippen LogP) is 2.06. The quantitative estimate of drug-likeness (QED) is 0.359. The SMILES string of the molecule is CSCCCN=C(N)NC(C)(C)C.I. The third kappa shape index (κ3) is 12.3. The number of nitrogens with two attached hydrogens (primary N) is 1. The second-order valence-electron chi connectivity index (χ2n) is 3.99. The van der Waals surface area contributed by atoms with Crippen molar-refractivity contribution in [2.75, 3.05) is 18.6 Å². The molecule has 86 valence electrons. The standard InChI is InChI=1S/C9H21N3S.HI/c1-9(2,3)12-8(10)11-6-5-7-13-4;/h5-7H2,1-4H3,(H3,10,11,12);1H. The van der Waals surface area contributed by atoms with Gasteiger partial charge in [0.25, 0.3) is 0 Å². The zero-order chi connectivity index (χ0) is 10.3. The lowest BCUT2D eigenvalue weighted by atomic mass is 10.1. The van der Waals surface area contributed by atoms with Gasteiger partial charge >= 0.3 is 0 Å². The van der Waals surface area contributed by atoms with Crippen LogP contribution in [0.2, 0.25) is 0 Å². The molecule has 0 radical (unpaired) electrons. The maximum absolute atomic E-state index is 5.67. The Bertz CT molecular complexity index is 166. The van der Waals surface area contributed by atoms with Crippen molar-refractivity contribution in [3.63, 3.8) is 0 Å². The average molecular weight is 331 g/mol. The molecule has 0 heterocycles. The molecule has 0 aliphatic rings. The average Bonchev–Trinajstić information content (AvgIpc) is 1.94. The third-order valence-corrected chi connectivity index (χ3v) is 1.99. The van der Waals surface area contributed by atoms with Crippen LogP contribution in [-0.4, -0.2) is 30.1 Å². The molecule has 3 nitrogen and oxygen atoms in total. The van der Waals surface area contributed by atoms with E-state index in [0.29, 0.717) is 5.96 Å². The Morgan fingerprint density at radius 2 is 2.00 bits per heavy atom. The smallest absolute Gasteiger partial charge is 0.188 e. The zero-order valence-corrected chi connectivity index (χ0v) is 12.6. The topological polar surface area (TPSA) is 50.4 Å². The largest absolute Gasteiger partial charge is 0.370 e. The van der Waals surface area contributed by atoms with Gasteiger partial charge in [-0.05, 0) is 39.2 Å². The summed E-state index contributed by atoms with van der Waals surface area (Å²) in [6.45, 7) is 7.02. The predicted molar refractivity (Wildman–Crippen MR) is 77.8 cm³/mol. The number of rotatable bonds is 4. The molecule has 0 atom stereocenters. The van der Waals surface area contributed by atoms with Crippen LogP contribution in [0, 0.1) is 0 Å². The molecular weight excluding hydrogens is 309 g/mol. The number of nitrogens with one attached hydrogen (secondary N) is 1. The Balaban J connectivity index is 0. The van der Waals surface area contributed by atoms with E-state index in [1.54, 1.807) is 0 Å². The van der Waals surface area contributed by atoms with Crippen LogP contribution in [0.1, 0.15) is 27.2 Å². The van der Waals surface area contributed by atoms with Crippen LogP contribution in [0.4, 0.5) is 0 Å². The molecule has 0 aliphatic carbocycles. The molecule has 0 amide bonds. The summed E-state index contributed by atoms with van der Waals surface area (Å²) in [6.07, 6.45) is 3.19. The van der Waals surface area contributed by atoms with Crippen molar-refractivity contribution in [2.24, 2.45) is 10.7 Å². The Morgan fingerprint density at radius 1 is 1.43 bits per heavy atom. The Labute approximate surface area is 109 Å². The second-order valence-corrected chi connectivity index (χ2v) is 4.97. The minimum atomic E-state index is 0. The van der Waals surface area contributed by atoms with Crippen molar-refractivity contribution < 1.29 is 0 Å². The monoisotopic (exact) mass is 331 g/mol. The molecule has 3 N–H and O–H groups in total. The third-order valence-electron chi connectivity index (χ3n) is 1.29. The van der Waals surface area contributed by atoms with Crippen LogP contribution in [0.25, 0.3) is 0 Å². The first-order valence-electron chi connectivity index (χ1n) is 4.53. The van der Waals surface area contributed by atoms with Crippen molar-refractivity contribution in [1.82, 2.24) is 5.32 Å². The number of thioether (sulfide) groups is 1. The minimum Gasteiger partial charge on any atom is -0.370 e. The van der Waals surface area contributed by atoms with Gasteiger partial charge < -0.3 is 11.1 Å². The van der Waals surface area contributed by atoms with Gasteiger partial charge in [0.05, 0.1) is 0 Å². The van der Waals surface area contributed by atoms with Crippen LogP contribution >= 0.6 is 35.7 Å². The fourth-order valence-electron chi connectivity index (χ4n) is 0.832. The van der Waals surface area contributed by atoms with Gasteiger partial charge in [-0.1, -0.05) is 0 Å². The van der Waals surface area contributed by atoms with Crippen molar-refractivity contribution >= 4 is 41.7 Å². The van der Waals surface area contributed by atoms with Crippen LogP contribution in [0.15, 0.2) is 4.99 Å². The Hall–Kier alpha value is 0.350. The molecule has 0 aromatic heterocycles. The van der Waals surface area contributed by atoms with Gasteiger partial charge in [-0.2, -0.15) is 11.8 Å². The van der Waals surface area contributed by atoms with Crippen molar-refractivity contribution in [2.45, 2.75) is 32.7 Å². The van der Waals surface area contributed by atoms with E-state index in [0.717, 1.165) is 18.7 Å². The summed E-state index contributed by atoms with van der Waals surface area (Å²) in [7, 11) is 0. The minimum absolute atomic E-state index is 0. The summed E-state index contributed by atoms with van der Waals surface area (Å²) in [5.74, 6) is 1.69.